The van der Waals surface area contributed by atoms with Crippen LogP contribution in [0.3, 0.4) is 0 Å². The molecule has 0 fully saturated rings. The standard InChI is InChI=1S/C15H22N4/c1-5-13(16)15-14(6-2)19(18-17-15)12-8-10(3)7-11(4)9-12/h7-9,13H,5-6,16H2,1-4H3. The largest absolute Gasteiger partial charge is 0.323 e. The molecule has 0 amide bonds. The van der Waals surface area contributed by atoms with Crippen molar-refractivity contribution in [2.45, 2.75) is 46.6 Å². The van der Waals surface area contributed by atoms with Crippen molar-refractivity contribution in [1.82, 2.24) is 15.0 Å². The fourth-order valence-corrected chi connectivity index (χ4v) is 2.41. The third kappa shape index (κ3) is 2.68. The van der Waals surface area contributed by atoms with Crippen LogP contribution in [-0.2, 0) is 6.42 Å². The van der Waals surface area contributed by atoms with E-state index >= 15 is 0 Å². The van der Waals surface area contributed by atoms with Crippen LogP contribution in [0.25, 0.3) is 5.69 Å². The molecule has 4 nitrogen and oxygen atoms in total. The molecule has 1 aromatic carbocycles. The minimum atomic E-state index is -0.0328. The molecular weight excluding hydrogens is 236 g/mol. The summed E-state index contributed by atoms with van der Waals surface area (Å²) in [5, 5.41) is 8.58. The molecule has 0 saturated carbocycles. The van der Waals surface area contributed by atoms with Crippen LogP contribution in [0.5, 0.6) is 0 Å². The first-order valence-corrected chi connectivity index (χ1v) is 6.85. The molecule has 2 aromatic rings. The highest BCUT2D eigenvalue weighted by atomic mass is 15.4. The molecule has 0 aliphatic rings. The summed E-state index contributed by atoms with van der Waals surface area (Å²) in [6.45, 7) is 8.37. The van der Waals surface area contributed by atoms with E-state index in [1.807, 2.05) is 4.68 Å². The quantitative estimate of drug-likeness (QED) is 0.917. The summed E-state index contributed by atoms with van der Waals surface area (Å²) in [6.07, 6.45) is 1.75. The minimum absolute atomic E-state index is 0.0328. The van der Waals surface area contributed by atoms with Crippen molar-refractivity contribution in [2.75, 3.05) is 0 Å². The normalized spacial score (nSPS) is 12.7. The van der Waals surface area contributed by atoms with Gasteiger partial charge in [-0.3, -0.25) is 0 Å². The van der Waals surface area contributed by atoms with Gasteiger partial charge in [0.25, 0.3) is 0 Å². The zero-order valence-electron chi connectivity index (χ0n) is 12.1. The van der Waals surface area contributed by atoms with E-state index in [2.05, 4.69) is 56.2 Å². The third-order valence-electron chi connectivity index (χ3n) is 3.37. The molecule has 2 rings (SSSR count). The van der Waals surface area contributed by atoms with Crippen molar-refractivity contribution >= 4 is 0 Å². The molecule has 1 heterocycles. The summed E-state index contributed by atoms with van der Waals surface area (Å²) in [5.41, 5.74) is 11.7. The Morgan fingerprint density at radius 1 is 1.16 bits per heavy atom. The fraction of sp³-hybridized carbons (Fsp3) is 0.467. The van der Waals surface area contributed by atoms with Gasteiger partial charge in [0.05, 0.1) is 17.4 Å². The highest BCUT2D eigenvalue weighted by Gasteiger charge is 2.17. The van der Waals surface area contributed by atoms with Gasteiger partial charge in [0.1, 0.15) is 5.69 Å². The van der Waals surface area contributed by atoms with E-state index in [0.29, 0.717) is 0 Å². The Morgan fingerprint density at radius 3 is 2.32 bits per heavy atom. The summed E-state index contributed by atoms with van der Waals surface area (Å²) in [7, 11) is 0. The van der Waals surface area contributed by atoms with Crippen LogP contribution < -0.4 is 5.73 Å². The molecule has 2 N–H and O–H groups in total. The monoisotopic (exact) mass is 258 g/mol. The Kier molecular flexibility index (Phi) is 4.00. The van der Waals surface area contributed by atoms with Crippen molar-refractivity contribution in [2.24, 2.45) is 5.73 Å². The zero-order chi connectivity index (χ0) is 14.0. The van der Waals surface area contributed by atoms with Gasteiger partial charge in [-0.2, -0.15) is 0 Å². The van der Waals surface area contributed by atoms with Crippen LogP contribution in [0.1, 0.15) is 48.8 Å². The average molecular weight is 258 g/mol. The van der Waals surface area contributed by atoms with E-state index in [1.54, 1.807) is 0 Å². The lowest BCUT2D eigenvalue weighted by Gasteiger charge is -2.10. The molecule has 0 aliphatic heterocycles. The van der Waals surface area contributed by atoms with Crippen LogP contribution in [0.4, 0.5) is 0 Å². The van der Waals surface area contributed by atoms with E-state index in [-0.39, 0.29) is 6.04 Å². The maximum Gasteiger partial charge on any atom is 0.103 e. The molecule has 19 heavy (non-hydrogen) atoms. The van der Waals surface area contributed by atoms with Gasteiger partial charge < -0.3 is 5.73 Å². The second-order valence-electron chi connectivity index (χ2n) is 5.05. The molecule has 0 aliphatic carbocycles. The summed E-state index contributed by atoms with van der Waals surface area (Å²) >= 11 is 0. The fourth-order valence-electron chi connectivity index (χ4n) is 2.41. The lowest BCUT2D eigenvalue weighted by atomic mass is 10.1. The first-order chi connectivity index (χ1) is 9.06. The van der Waals surface area contributed by atoms with Crippen molar-refractivity contribution < 1.29 is 0 Å². The molecule has 0 spiro atoms. The van der Waals surface area contributed by atoms with Crippen LogP contribution in [0.2, 0.25) is 0 Å². The Bertz CT molecular complexity index is 551. The second-order valence-corrected chi connectivity index (χ2v) is 5.05. The van der Waals surface area contributed by atoms with Crippen molar-refractivity contribution in [3.05, 3.63) is 40.7 Å². The van der Waals surface area contributed by atoms with Crippen LogP contribution in [0, 0.1) is 13.8 Å². The second kappa shape index (κ2) is 5.53. The van der Waals surface area contributed by atoms with Gasteiger partial charge in [-0.15, -0.1) is 5.10 Å². The number of rotatable bonds is 4. The Hall–Kier alpha value is -1.68. The molecule has 4 heteroatoms. The van der Waals surface area contributed by atoms with E-state index in [4.69, 9.17) is 5.73 Å². The van der Waals surface area contributed by atoms with E-state index in [0.717, 1.165) is 29.9 Å². The van der Waals surface area contributed by atoms with Gasteiger partial charge in [-0.05, 0) is 49.9 Å². The van der Waals surface area contributed by atoms with Crippen LogP contribution in [0.15, 0.2) is 18.2 Å². The number of hydrogen-bond acceptors (Lipinski definition) is 3. The Morgan fingerprint density at radius 2 is 1.79 bits per heavy atom. The number of hydrogen-bond donors (Lipinski definition) is 1. The van der Waals surface area contributed by atoms with Gasteiger partial charge in [0.2, 0.25) is 0 Å². The number of aryl methyl sites for hydroxylation is 2. The smallest absolute Gasteiger partial charge is 0.103 e. The molecule has 1 unspecified atom stereocenters. The highest BCUT2D eigenvalue weighted by molar-refractivity contribution is 5.40. The molecule has 0 radical (unpaired) electrons. The van der Waals surface area contributed by atoms with Gasteiger partial charge in [-0.25, -0.2) is 4.68 Å². The molecular formula is C15H22N4. The van der Waals surface area contributed by atoms with Crippen molar-refractivity contribution in [1.29, 1.82) is 0 Å². The number of benzene rings is 1. The van der Waals surface area contributed by atoms with Crippen LogP contribution in [-0.4, -0.2) is 15.0 Å². The van der Waals surface area contributed by atoms with Gasteiger partial charge in [-0.1, -0.05) is 25.1 Å². The van der Waals surface area contributed by atoms with Crippen molar-refractivity contribution in [3.8, 4) is 5.69 Å². The van der Waals surface area contributed by atoms with Gasteiger partial charge in [0.15, 0.2) is 0 Å². The third-order valence-corrected chi connectivity index (χ3v) is 3.37. The van der Waals surface area contributed by atoms with Gasteiger partial charge in [0, 0.05) is 0 Å². The average Bonchev–Trinajstić information content (AvgIpc) is 2.80. The summed E-state index contributed by atoms with van der Waals surface area (Å²) in [5.74, 6) is 0. The minimum Gasteiger partial charge on any atom is -0.323 e. The van der Waals surface area contributed by atoms with E-state index < -0.39 is 0 Å². The summed E-state index contributed by atoms with van der Waals surface area (Å²) < 4.78 is 1.92. The molecule has 102 valence electrons. The Balaban J connectivity index is 2.53. The van der Waals surface area contributed by atoms with Gasteiger partial charge >= 0.3 is 0 Å². The first-order valence-electron chi connectivity index (χ1n) is 6.85. The number of aromatic nitrogens is 3. The lowest BCUT2D eigenvalue weighted by Crippen LogP contribution is -2.12. The lowest BCUT2D eigenvalue weighted by molar-refractivity contribution is 0.665. The topological polar surface area (TPSA) is 56.7 Å². The summed E-state index contributed by atoms with van der Waals surface area (Å²) in [4.78, 5) is 0. The predicted octanol–water partition coefficient (Wildman–Crippen LogP) is 2.86. The SMILES string of the molecule is CCc1c(C(N)CC)nnn1-c1cc(C)cc(C)c1. The number of nitrogens with two attached hydrogens (primary N) is 1. The molecule has 0 saturated heterocycles. The van der Waals surface area contributed by atoms with E-state index in [9.17, 15) is 0 Å². The van der Waals surface area contributed by atoms with Crippen molar-refractivity contribution in [3.63, 3.8) is 0 Å². The molecule has 1 atom stereocenters. The zero-order valence-corrected chi connectivity index (χ0v) is 12.1. The maximum atomic E-state index is 6.11. The highest BCUT2D eigenvalue weighted by Crippen LogP contribution is 2.21. The predicted molar refractivity (Wildman–Crippen MR) is 77.4 cm³/mol. The Labute approximate surface area is 114 Å². The molecule has 1 aromatic heterocycles. The van der Waals surface area contributed by atoms with E-state index in [1.165, 1.54) is 11.1 Å². The first kappa shape index (κ1) is 13.7. The summed E-state index contributed by atoms with van der Waals surface area (Å²) in [6, 6.07) is 6.38. The molecule has 0 bridgehead atoms. The number of nitrogens with zero attached hydrogens (tertiary/aromatic N) is 3. The van der Waals surface area contributed by atoms with Crippen LogP contribution >= 0.6 is 0 Å². The maximum absolute atomic E-state index is 6.11.